The lowest BCUT2D eigenvalue weighted by Gasteiger charge is -2.04. The van der Waals surface area contributed by atoms with Crippen LogP contribution < -0.4 is 11.1 Å². The summed E-state index contributed by atoms with van der Waals surface area (Å²) in [7, 11) is 0. The highest BCUT2D eigenvalue weighted by atomic mass is 19.1. The fourth-order valence-electron chi connectivity index (χ4n) is 3.70. The number of pyridine rings is 2. The van der Waals surface area contributed by atoms with Crippen LogP contribution >= 0.6 is 0 Å². The number of aromatic nitrogens is 8. The largest absolute Gasteiger partial charge is 0.383 e. The Bertz CT molecular complexity index is 1490. The maximum atomic E-state index is 14.2. The van der Waals surface area contributed by atoms with Gasteiger partial charge in [-0.25, -0.2) is 33.1 Å². The highest BCUT2D eigenvalue weighted by Gasteiger charge is 2.22. The van der Waals surface area contributed by atoms with Gasteiger partial charge in [0.05, 0.1) is 23.8 Å². The average molecular weight is 450 g/mol. The molecule has 0 aliphatic heterocycles. The molecule has 0 aliphatic carbocycles. The van der Waals surface area contributed by atoms with Crippen molar-refractivity contribution in [2.75, 3.05) is 17.6 Å². The molecule has 5 heterocycles. The molecule has 0 fully saturated rings. The first-order chi connectivity index (χ1) is 16.0. The fraction of sp³-hybridized carbons (Fsp3) is 0.238. The molecule has 0 aromatic carbocycles. The van der Waals surface area contributed by atoms with Gasteiger partial charge in [-0.05, 0) is 32.0 Å². The van der Waals surface area contributed by atoms with Crippen molar-refractivity contribution in [3.63, 3.8) is 0 Å². The lowest BCUT2D eigenvalue weighted by Crippen LogP contribution is -2.07. The van der Waals surface area contributed by atoms with E-state index in [4.69, 9.17) is 5.73 Å². The summed E-state index contributed by atoms with van der Waals surface area (Å²) in [5, 5.41) is 13.2. The van der Waals surface area contributed by atoms with Gasteiger partial charge >= 0.3 is 0 Å². The number of nitrogens with one attached hydrogen (secondary N) is 1. The smallest absolute Gasteiger partial charge is 0.184 e. The number of fused-ring (bicyclic) bond motifs is 2. The summed E-state index contributed by atoms with van der Waals surface area (Å²) in [6.45, 7) is 5.10. The third-order valence-corrected chi connectivity index (χ3v) is 5.16. The summed E-state index contributed by atoms with van der Waals surface area (Å²) in [6, 6.07) is 4.11. The molecule has 0 aliphatic rings. The first-order valence-electron chi connectivity index (χ1n) is 10.4. The zero-order valence-corrected chi connectivity index (χ0v) is 17.9. The second kappa shape index (κ2) is 8.04. The van der Waals surface area contributed by atoms with Gasteiger partial charge in [0.15, 0.2) is 22.9 Å². The van der Waals surface area contributed by atoms with Crippen LogP contribution in [-0.4, -0.2) is 46.0 Å². The molecule has 5 rings (SSSR count). The van der Waals surface area contributed by atoms with E-state index in [1.807, 2.05) is 13.8 Å². The first kappa shape index (κ1) is 20.7. The van der Waals surface area contributed by atoms with E-state index in [1.54, 1.807) is 4.68 Å². The summed E-state index contributed by atoms with van der Waals surface area (Å²) in [5.74, 6) is -0.0279. The average Bonchev–Trinajstić information content (AvgIpc) is 3.33. The summed E-state index contributed by atoms with van der Waals surface area (Å²) in [4.78, 5) is 17.3. The molecule has 0 unspecified atom stereocenters. The highest BCUT2D eigenvalue weighted by molar-refractivity contribution is 5.98. The second-order valence-electron chi connectivity index (χ2n) is 7.29. The number of rotatable bonds is 6. The van der Waals surface area contributed by atoms with E-state index in [-0.39, 0.29) is 29.6 Å². The number of aryl methyl sites for hydroxylation is 1. The molecule has 168 valence electrons. The van der Waals surface area contributed by atoms with Crippen LogP contribution in [0, 0.1) is 11.6 Å². The van der Waals surface area contributed by atoms with Crippen molar-refractivity contribution < 1.29 is 8.78 Å². The van der Waals surface area contributed by atoms with Gasteiger partial charge in [-0.15, -0.1) is 0 Å². The minimum absolute atomic E-state index is 0.00298. The van der Waals surface area contributed by atoms with Gasteiger partial charge < -0.3 is 11.1 Å². The lowest BCUT2D eigenvalue weighted by atomic mass is 10.2. The molecule has 0 radical (unpaired) electrons. The van der Waals surface area contributed by atoms with E-state index < -0.39 is 11.6 Å². The van der Waals surface area contributed by atoms with Crippen LogP contribution in [0.5, 0.6) is 0 Å². The van der Waals surface area contributed by atoms with E-state index in [9.17, 15) is 8.78 Å². The Morgan fingerprint density at radius 3 is 2.67 bits per heavy atom. The molecule has 0 saturated heterocycles. The monoisotopic (exact) mass is 450 g/mol. The number of nitrogens with two attached hydrogens (primary N) is 1. The standard InChI is InChI=1S/C21H20F2N10/c1-3-25-18-15-17(24)28-19(29-21(15)32(4-2)31-18)16-12-8-11(22)9-27-20(12)33(30-16)10-14-13(23)6-5-7-26-14/h5-9H,3-4,10H2,1-2H3,(H,25,31)(H2,24,28,29). The molecule has 10 nitrogen and oxygen atoms in total. The predicted molar refractivity (Wildman–Crippen MR) is 119 cm³/mol. The third kappa shape index (κ3) is 3.49. The minimum atomic E-state index is -0.547. The van der Waals surface area contributed by atoms with Crippen LogP contribution in [0.2, 0.25) is 0 Å². The molecule has 3 N–H and O–H groups in total. The van der Waals surface area contributed by atoms with Crippen molar-refractivity contribution in [3.8, 4) is 11.5 Å². The molecule has 0 spiro atoms. The summed E-state index contributed by atoms with van der Waals surface area (Å²) >= 11 is 0. The lowest BCUT2D eigenvalue weighted by molar-refractivity contribution is 0.575. The first-order valence-corrected chi connectivity index (χ1v) is 10.4. The molecule has 0 saturated carbocycles. The summed E-state index contributed by atoms with van der Waals surface area (Å²) in [5.41, 5.74) is 7.61. The van der Waals surface area contributed by atoms with Crippen LogP contribution in [0.1, 0.15) is 19.5 Å². The molecule has 5 aromatic heterocycles. The minimum Gasteiger partial charge on any atom is -0.383 e. The normalized spacial score (nSPS) is 11.5. The van der Waals surface area contributed by atoms with E-state index in [1.165, 1.54) is 29.1 Å². The number of nitrogen functional groups attached to an aromatic ring is 1. The van der Waals surface area contributed by atoms with Crippen molar-refractivity contribution in [2.24, 2.45) is 0 Å². The topological polar surface area (TPSA) is 125 Å². The number of hydrogen-bond acceptors (Lipinski definition) is 8. The van der Waals surface area contributed by atoms with Crippen LogP contribution in [0.15, 0.2) is 30.6 Å². The Hall–Kier alpha value is -4.22. The zero-order valence-electron chi connectivity index (χ0n) is 17.9. The van der Waals surface area contributed by atoms with Gasteiger partial charge in [-0.2, -0.15) is 10.2 Å². The van der Waals surface area contributed by atoms with E-state index >= 15 is 0 Å². The van der Waals surface area contributed by atoms with Gasteiger partial charge in [-0.3, -0.25) is 4.98 Å². The van der Waals surface area contributed by atoms with Gasteiger partial charge in [-0.1, -0.05) is 0 Å². The van der Waals surface area contributed by atoms with Gasteiger partial charge in [0.2, 0.25) is 0 Å². The second-order valence-corrected chi connectivity index (χ2v) is 7.29. The number of halogens is 2. The van der Waals surface area contributed by atoms with Crippen molar-refractivity contribution in [1.82, 2.24) is 39.5 Å². The number of nitrogens with zero attached hydrogens (tertiary/aromatic N) is 8. The van der Waals surface area contributed by atoms with Crippen molar-refractivity contribution in [2.45, 2.75) is 26.9 Å². The van der Waals surface area contributed by atoms with Gasteiger partial charge in [0.25, 0.3) is 0 Å². The van der Waals surface area contributed by atoms with Crippen LogP contribution in [0.4, 0.5) is 20.4 Å². The number of hydrogen-bond donors (Lipinski definition) is 2. The van der Waals surface area contributed by atoms with Crippen molar-refractivity contribution in [3.05, 3.63) is 47.9 Å². The molecule has 0 amide bonds. The summed E-state index contributed by atoms with van der Waals surface area (Å²) in [6.07, 6.45) is 2.57. The van der Waals surface area contributed by atoms with Gasteiger partial charge in [0, 0.05) is 19.3 Å². The predicted octanol–water partition coefficient (Wildman–Crippen LogP) is 2.99. The SMILES string of the molecule is CCNc1nn(CC)c2nc(-c3nn(Cc4ncccc4F)c4ncc(F)cc34)nc(N)c12. The van der Waals surface area contributed by atoms with Crippen LogP contribution in [-0.2, 0) is 13.1 Å². The van der Waals surface area contributed by atoms with Gasteiger partial charge in [0.1, 0.15) is 28.5 Å². The molecule has 0 bridgehead atoms. The molecule has 0 atom stereocenters. The molecule has 5 aromatic rings. The third-order valence-electron chi connectivity index (χ3n) is 5.16. The summed E-state index contributed by atoms with van der Waals surface area (Å²) < 4.78 is 31.5. The van der Waals surface area contributed by atoms with Crippen molar-refractivity contribution in [1.29, 1.82) is 0 Å². The molecular formula is C21H20F2N10. The highest BCUT2D eigenvalue weighted by Crippen LogP contribution is 2.31. The Balaban J connectivity index is 1.71. The zero-order chi connectivity index (χ0) is 23.1. The van der Waals surface area contributed by atoms with Crippen LogP contribution in [0.3, 0.4) is 0 Å². The Morgan fingerprint density at radius 1 is 1.06 bits per heavy atom. The maximum Gasteiger partial charge on any atom is 0.184 e. The van der Waals surface area contributed by atoms with Crippen molar-refractivity contribution >= 4 is 33.7 Å². The molecular weight excluding hydrogens is 430 g/mol. The van der Waals surface area contributed by atoms with E-state index in [0.29, 0.717) is 41.0 Å². The molecule has 33 heavy (non-hydrogen) atoms. The number of anilines is 2. The maximum absolute atomic E-state index is 14.2. The Kier molecular flexibility index (Phi) is 5.04. The van der Waals surface area contributed by atoms with E-state index in [0.717, 1.165) is 6.20 Å². The Labute approximate surface area is 186 Å². The van der Waals surface area contributed by atoms with E-state index in [2.05, 4.69) is 35.5 Å². The molecule has 12 heteroatoms. The van der Waals surface area contributed by atoms with Crippen LogP contribution in [0.25, 0.3) is 33.6 Å². The quantitative estimate of drug-likeness (QED) is 0.404. The fourth-order valence-corrected chi connectivity index (χ4v) is 3.70. The Morgan fingerprint density at radius 2 is 1.91 bits per heavy atom.